The molecule has 8 heteroatoms. The molecule has 0 bridgehead atoms. The van der Waals surface area contributed by atoms with Crippen LogP contribution in [0.25, 0.3) is 0 Å². The van der Waals surface area contributed by atoms with Crippen molar-refractivity contribution in [3.8, 4) is 0 Å². The number of hydrogen-bond donors (Lipinski definition) is 2. The molecule has 0 saturated carbocycles. The molecule has 1 unspecified atom stereocenters. The summed E-state index contributed by atoms with van der Waals surface area (Å²) in [7, 11) is 0. The van der Waals surface area contributed by atoms with Crippen molar-refractivity contribution >= 4 is 17.7 Å². The highest BCUT2D eigenvalue weighted by molar-refractivity contribution is 7.99. The van der Waals surface area contributed by atoms with Crippen LogP contribution in [0.4, 0.5) is 8.78 Å². The number of aromatic nitrogens is 3. The molecule has 1 aromatic carbocycles. The van der Waals surface area contributed by atoms with Crippen molar-refractivity contribution in [1.82, 2.24) is 15.4 Å². The van der Waals surface area contributed by atoms with Gasteiger partial charge in [-0.15, -0.1) is 10.2 Å². The van der Waals surface area contributed by atoms with Gasteiger partial charge in [0.1, 0.15) is 0 Å². The third-order valence-corrected chi connectivity index (χ3v) is 4.67. The van der Waals surface area contributed by atoms with Gasteiger partial charge in [0.15, 0.2) is 16.7 Å². The SMILES string of the molecule is O=C(O)c1n[nH]nc1SC1CCc2cc(F)c(F)cc2C1. The van der Waals surface area contributed by atoms with Gasteiger partial charge in [0.25, 0.3) is 0 Å². The minimum absolute atomic E-state index is 0.0607. The summed E-state index contributed by atoms with van der Waals surface area (Å²) < 4.78 is 26.5. The second-order valence-corrected chi connectivity index (χ2v) is 6.09. The van der Waals surface area contributed by atoms with Crippen molar-refractivity contribution in [3.05, 3.63) is 40.6 Å². The van der Waals surface area contributed by atoms with Gasteiger partial charge >= 0.3 is 5.97 Å². The molecule has 5 nitrogen and oxygen atoms in total. The largest absolute Gasteiger partial charge is 0.476 e. The van der Waals surface area contributed by atoms with Crippen molar-refractivity contribution in [2.24, 2.45) is 0 Å². The first kappa shape index (κ1) is 14.0. The molecule has 1 aliphatic carbocycles. The first-order chi connectivity index (χ1) is 10.0. The molecule has 2 aromatic rings. The lowest BCUT2D eigenvalue weighted by Crippen LogP contribution is -2.17. The molecule has 1 aromatic heterocycles. The van der Waals surface area contributed by atoms with Crippen molar-refractivity contribution < 1.29 is 18.7 Å². The van der Waals surface area contributed by atoms with Gasteiger partial charge in [0, 0.05) is 5.25 Å². The summed E-state index contributed by atoms with van der Waals surface area (Å²) in [5, 5.41) is 19.1. The number of rotatable bonds is 3. The quantitative estimate of drug-likeness (QED) is 0.910. The minimum Gasteiger partial charge on any atom is -0.476 e. The lowest BCUT2D eigenvalue weighted by molar-refractivity contribution is 0.0686. The Morgan fingerprint density at radius 2 is 2.00 bits per heavy atom. The first-order valence-electron chi connectivity index (χ1n) is 6.32. The van der Waals surface area contributed by atoms with Crippen LogP contribution in [0.1, 0.15) is 28.0 Å². The van der Waals surface area contributed by atoms with E-state index < -0.39 is 17.6 Å². The van der Waals surface area contributed by atoms with Gasteiger partial charge in [0.2, 0.25) is 5.69 Å². The van der Waals surface area contributed by atoms with E-state index in [4.69, 9.17) is 5.11 Å². The number of H-pyrrole nitrogens is 1. The molecule has 3 rings (SSSR count). The summed E-state index contributed by atoms with van der Waals surface area (Å²) in [6, 6.07) is 2.46. The van der Waals surface area contributed by atoms with E-state index >= 15 is 0 Å². The highest BCUT2D eigenvalue weighted by atomic mass is 32.2. The predicted molar refractivity (Wildman–Crippen MR) is 71.4 cm³/mol. The number of carbonyl (C=O) groups is 1. The van der Waals surface area contributed by atoms with Gasteiger partial charge in [-0.25, -0.2) is 13.6 Å². The molecule has 0 fully saturated rings. The summed E-state index contributed by atoms with van der Waals surface area (Å²) in [6.07, 6.45) is 1.92. The first-order valence-corrected chi connectivity index (χ1v) is 7.20. The average Bonchev–Trinajstić information content (AvgIpc) is 2.89. The van der Waals surface area contributed by atoms with Gasteiger partial charge in [-0.1, -0.05) is 11.8 Å². The lowest BCUT2D eigenvalue weighted by atomic mass is 9.91. The van der Waals surface area contributed by atoms with Crippen LogP contribution in [0.5, 0.6) is 0 Å². The number of aromatic amines is 1. The fourth-order valence-electron chi connectivity index (χ4n) is 2.42. The van der Waals surface area contributed by atoms with E-state index in [-0.39, 0.29) is 10.9 Å². The van der Waals surface area contributed by atoms with Crippen LogP contribution < -0.4 is 0 Å². The maximum absolute atomic E-state index is 13.3. The van der Waals surface area contributed by atoms with Crippen LogP contribution in [0.15, 0.2) is 17.2 Å². The zero-order chi connectivity index (χ0) is 15.0. The molecule has 0 amide bonds. The second-order valence-electron chi connectivity index (χ2n) is 4.80. The van der Waals surface area contributed by atoms with Crippen LogP contribution in [-0.2, 0) is 12.8 Å². The Morgan fingerprint density at radius 3 is 2.71 bits per heavy atom. The molecular weight excluding hydrogens is 300 g/mol. The van der Waals surface area contributed by atoms with Gasteiger partial charge in [-0.2, -0.15) is 5.21 Å². The van der Waals surface area contributed by atoms with Crippen LogP contribution >= 0.6 is 11.8 Å². The highest BCUT2D eigenvalue weighted by Gasteiger charge is 2.25. The Morgan fingerprint density at radius 1 is 1.29 bits per heavy atom. The molecular formula is C13H11F2N3O2S. The Balaban J connectivity index is 1.79. The number of carboxylic acids is 1. The standard InChI is InChI=1S/C13H11F2N3O2S/c14-9-4-6-1-2-8(3-7(6)5-10(9)15)21-12-11(13(19)20)16-18-17-12/h4-5,8H,1-3H2,(H,19,20)(H,16,17,18). The molecule has 0 saturated heterocycles. The van der Waals surface area contributed by atoms with Crippen LogP contribution in [0, 0.1) is 11.6 Å². The monoisotopic (exact) mass is 311 g/mol. The molecule has 2 N–H and O–H groups in total. The van der Waals surface area contributed by atoms with Crippen molar-refractivity contribution in [2.75, 3.05) is 0 Å². The molecule has 110 valence electrons. The number of hydrogen-bond acceptors (Lipinski definition) is 4. The summed E-state index contributed by atoms with van der Waals surface area (Å²) in [4.78, 5) is 11.0. The number of aromatic carboxylic acids is 1. The number of carboxylic acid groups (broad SMARTS) is 1. The fraction of sp³-hybridized carbons (Fsp3) is 0.308. The van der Waals surface area contributed by atoms with Crippen molar-refractivity contribution in [1.29, 1.82) is 0 Å². The number of halogens is 2. The van der Waals surface area contributed by atoms with E-state index in [1.165, 1.54) is 23.9 Å². The summed E-state index contributed by atoms with van der Waals surface area (Å²) in [6.45, 7) is 0. The zero-order valence-electron chi connectivity index (χ0n) is 10.8. The molecule has 0 spiro atoms. The van der Waals surface area contributed by atoms with Crippen LogP contribution in [0.2, 0.25) is 0 Å². The maximum Gasteiger partial charge on any atom is 0.359 e. The normalized spacial score (nSPS) is 17.5. The number of fused-ring (bicyclic) bond motifs is 1. The Bertz CT molecular complexity index is 705. The van der Waals surface area contributed by atoms with E-state index in [1.54, 1.807) is 0 Å². The zero-order valence-corrected chi connectivity index (χ0v) is 11.6. The summed E-state index contributed by atoms with van der Waals surface area (Å²) in [5.74, 6) is -2.83. The maximum atomic E-state index is 13.3. The number of benzene rings is 1. The van der Waals surface area contributed by atoms with Gasteiger partial charge in [-0.3, -0.25) is 0 Å². The number of aryl methyl sites for hydroxylation is 1. The Hall–Kier alpha value is -1.96. The predicted octanol–water partition coefficient (Wildman–Crippen LogP) is 2.43. The number of nitrogens with one attached hydrogen (secondary N) is 1. The molecule has 1 heterocycles. The second kappa shape index (κ2) is 5.44. The van der Waals surface area contributed by atoms with E-state index in [1.807, 2.05) is 0 Å². The van der Waals surface area contributed by atoms with Gasteiger partial charge in [-0.05, 0) is 42.5 Å². The third kappa shape index (κ3) is 2.76. The van der Waals surface area contributed by atoms with Crippen LogP contribution in [0.3, 0.4) is 0 Å². The van der Waals surface area contributed by atoms with E-state index in [0.29, 0.717) is 17.9 Å². The smallest absolute Gasteiger partial charge is 0.359 e. The minimum atomic E-state index is -1.14. The number of nitrogens with zero attached hydrogens (tertiary/aromatic N) is 2. The molecule has 1 aliphatic rings. The molecule has 21 heavy (non-hydrogen) atoms. The fourth-order valence-corrected chi connectivity index (χ4v) is 3.57. The van der Waals surface area contributed by atoms with E-state index in [2.05, 4.69) is 15.4 Å². The number of thioether (sulfide) groups is 1. The summed E-state index contributed by atoms with van der Waals surface area (Å²) >= 11 is 1.30. The molecule has 1 atom stereocenters. The van der Waals surface area contributed by atoms with Gasteiger partial charge < -0.3 is 5.11 Å². The molecule has 0 radical (unpaired) electrons. The third-order valence-electron chi connectivity index (χ3n) is 3.42. The topological polar surface area (TPSA) is 78.9 Å². The van der Waals surface area contributed by atoms with E-state index in [9.17, 15) is 13.6 Å². The lowest BCUT2D eigenvalue weighted by Gasteiger charge is -2.23. The van der Waals surface area contributed by atoms with E-state index in [0.717, 1.165) is 17.5 Å². The van der Waals surface area contributed by atoms with Gasteiger partial charge in [0.05, 0.1) is 0 Å². The summed E-state index contributed by atoms with van der Waals surface area (Å²) in [5.41, 5.74) is 1.46. The highest BCUT2D eigenvalue weighted by Crippen LogP contribution is 2.34. The van der Waals surface area contributed by atoms with Crippen molar-refractivity contribution in [3.63, 3.8) is 0 Å². The Kier molecular flexibility index (Phi) is 3.62. The van der Waals surface area contributed by atoms with Crippen molar-refractivity contribution in [2.45, 2.75) is 29.5 Å². The van der Waals surface area contributed by atoms with Crippen LogP contribution in [-0.4, -0.2) is 31.7 Å². The molecule has 0 aliphatic heterocycles. The average molecular weight is 311 g/mol. The Labute approximate surface area is 122 Å².